The third kappa shape index (κ3) is 2.43. The highest BCUT2D eigenvalue weighted by Crippen LogP contribution is 2.39. The lowest BCUT2D eigenvalue weighted by atomic mass is 10.0. The number of rotatable bonds is 0. The summed E-state index contributed by atoms with van der Waals surface area (Å²) in [5.74, 6) is 0. The Morgan fingerprint density at radius 3 is 1.95 bits per heavy atom. The molecule has 9 heteroatoms. The molecule has 0 aliphatic rings. The van der Waals surface area contributed by atoms with Crippen LogP contribution < -0.4 is 11.4 Å². The van der Waals surface area contributed by atoms with Crippen LogP contribution in [0.5, 0.6) is 0 Å². The fourth-order valence-electron chi connectivity index (χ4n) is 1.70. The first kappa shape index (κ1) is 14.2. The van der Waals surface area contributed by atoms with E-state index in [4.69, 9.17) is 5.73 Å². The Balaban J connectivity index is 2.92. The number of hydrogen-bond donors (Lipinski definition) is 1. The van der Waals surface area contributed by atoms with Crippen LogP contribution in [0, 0.1) is 0 Å². The number of fused-ring (bicyclic) bond motifs is 1. The van der Waals surface area contributed by atoms with Crippen molar-refractivity contribution >= 4 is 16.7 Å². The molecule has 3 nitrogen and oxygen atoms in total. The Morgan fingerprint density at radius 1 is 0.900 bits per heavy atom. The van der Waals surface area contributed by atoms with Crippen LogP contribution in [0.25, 0.3) is 11.0 Å². The number of hydrogen-bond acceptors (Lipinski definition) is 3. The molecule has 1 aromatic heterocycles. The molecule has 0 fully saturated rings. The highest BCUT2D eigenvalue weighted by atomic mass is 19.4. The summed E-state index contributed by atoms with van der Waals surface area (Å²) in [5.41, 5.74) is -0.626. The number of nitrogen functional groups attached to an aromatic ring is 1. The van der Waals surface area contributed by atoms with Gasteiger partial charge in [0.25, 0.3) is 0 Å². The lowest BCUT2D eigenvalue weighted by Gasteiger charge is -2.13. The van der Waals surface area contributed by atoms with Gasteiger partial charge in [-0.15, -0.1) is 0 Å². The Morgan fingerprint density at radius 2 is 1.45 bits per heavy atom. The van der Waals surface area contributed by atoms with E-state index in [1.165, 1.54) is 0 Å². The van der Waals surface area contributed by atoms with Gasteiger partial charge in [0.15, 0.2) is 0 Å². The number of alkyl halides is 6. The monoisotopic (exact) mass is 297 g/mol. The molecule has 20 heavy (non-hydrogen) atoms. The van der Waals surface area contributed by atoms with Gasteiger partial charge in [0, 0.05) is 23.2 Å². The fraction of sp³-hybridized carbons (Fsp3) is 0.182. The maximum Gasteiger partial charge on any atom is 0.418 e. The first-order valence-electron chi connectivity index (χ1n) is 5.02. The number of anilines is 1. The molecule has 0 spiro atoms. The van der Waals surface area contributed by atoms with E-state index < -0.39 is 45.8 Å². The molecular formula is C11H5F6NO2. The van der Waals surface area contributed by atoms with Crippen molar-refractivity contribution in [1.82, 2.24) is 0 Å². The van der Waals surface area contributed by atoms with E-state index in [9.17, 15) is 31.1 Å². The van der Waals surface area contributed by atoms with E-state index in [0.29, 0.717) is 6.07 Å². The van der Waals surface area contributed by atoms with Crippen LogP contribution in [0.2, 0.25) is 0 Å². The van der Waals surface area contributed by atoms with Gasteiger partial charge in [-0.25, -0.2) is 4.79 Å². The van der Waals surface area contributed by atoms with E-state index in [1.54, 1.807) is 0 Å². The number of benzene rings is 1. The predicted molar refractivity (Wildman–Crippen MR) is 56.9 cm³/mol. The zero-order chi connectivity index (χ0) is 15.3. The summed E-state index contributed by atoms with van der Waals surface area (Å²) in [6.07, 6.45) is -9.91. The molecule has 108 valence electrons. The molecule has 0 radical (unpaired) electrons. The lowest BCUT2D eigenvalue weighted by Crippen LogP contribution is -2.13. The molecule has 0 aliphatic heterocycles. The SMILES string of the molecule is Nc1cc2oc(=O)cc(C(F)(F)F)c2cc1C(F)(F)F. The van der Waals surface area contributed by atoms with Gasteiger partial charge in [0.2, 0.25) is 0 Å². The topological polar surface area (TPSA) is 56.2 Å². The van der Waals surface area contributed by atoms with Gasteiger partial charge in [0.1, 0.15) is 5.58 Å². The molecule has 0 saturated carbocycles. The van der Waals surface area contributed by atoms with E-state index in [1.807, 2.05) is 0 Å². The molecule has 0 unspecified atom stereocenters. The van der Waals surface area contributed by atoms with Crippen molar-refractivity contribution in [2.45, 2.75) is 12.4 Å². The predicted octanol–water partition coefficient (Wildman–Crippen LogP) is 3.41. The van der Waals surface area contributed by atoms with E-state index in [2.05, 4.69) is 4.42 Å². The van der Waals surface area contributed by atoms with Crippen molar-refractivity contribution in [1.29, 1.82) is 0 Å². The van der Waals surface area contributed by atoms with Gasteiger partial charge in [-0.1, -0.05) is 0 Å². The molecule has 2 N–H and O–H groups in total. The van der Waals surface area contributed by atoms with Crippen LogP contribution in [0.1, 0.15) is 11.1 Å². The van der Waals surface area contributed by atoms with Crippen molar-refractivity contribution in [2.24, 2.45) is 0 Å². The summed E-state index contributed by atoms with van der Waals surface area (Å²) in [6.45, 7) is 0. The molecule has 0 bridgehead atoms. The van der Waals surface area contributed by atoms with Crippen LogP contribution >= 0.6 is 0 Å². The molecule has 1 heterocycles. The first-order chi connectivity index (χ1) is 9.00. The van der Waals surface area contributed by atoms with Crippen molar-refractivity contribution in [3.05, 3.63) is 39.7 Å². The molecule has 0 aliphatic carbocycles. The summed E-state index contributed by atoms with van der Waals surface area (Å²) in [7, 11) is 0. The van der Waals surface area contributed by atoms with Crippen molar-refractivity contribution < 1.29 is 30.8 Å². The fourth-order valence-corrected chi connectivity index (χ4v) is 1.70. The van der Waals surface area contributed by atoms with Crippen molar-refractivity contribution in [2.75, 3.05) is 5.73 Å². The zero-order valence-electron chi connectivity index (χ0n) is 9.39. The molecule has 2 aromatic rings. The van der Waals surface area contributed by atoms with E-state index in [-0.39, 0.29) is 12.1 Å². The van der Waals surface area contributed by atoms with Crippen molar-refractivity contribution in [3.63, 3.8) is 0 Å². The summed E-state index contributed by atoms with van der Waals surface area (Å²) < 4.78 is 80.5. The second kappa shape index (κ2) is 4.15. The van der Waals surface area contributed by atoms with Crippen LogP contribution in [0.15, 0.2) is 27.4 Å². The van der Waals surface area contributed by atoms with Crippen LogP contribution in [0.4, 0.5) is 32.0 Å². The lowest BCUT2D eigenvalue weighted by molar-refractivity contribution is -0.138. The molecular weight excluding hydrogens is 292 g/mol. The second-order valence-corrected chi connectivity index (χ2v) is 3.91. The van der Waals surface area contributed by atoms with Gasteiger partial charge in [-0.2, -0.15) is 26.3 Å². The van der Waals surface area contributed by atoms with E-state index in [0.717, 1.165) is 0 Å². The van der Waals surface area contributed by atoms with Gasteiger partial charge in [-0.05, 0) is 6.07 Å². The maximum absolute atomic E-state index is 12.7. The van der Waals surface area contributed by atoms with Gasteiger partial charge < -0.3 is 10.2 Å². The van der Waals surface area contributed by atoms with Gasteiger partial charge in [0.05, 0.1) is 11.1 Å². The molecule has 1 aromatic carbocycles. The van der Waals surface area contributed by atoms with Gasteiger partial charge >= 0.3 is 18.0 Å². The van der Waals surface area contributed by atoms with Crippen LogP contribution in [0.3, 0.4) is 0 Å². The maximum atomic E-state index is 12.7. The van der Waals surface area contributed by atoms with Crippen LogP contribution in [-0.2, 0) is 12.4 Å². The number of halogens is 6. The number of nitrogens with two attached hydrogens (primary N) is 1. The van der Waals surface area contributed by atoms with Crippen LogP contribution in [-0.4, -0.2) is 0 Å². The third-order valence-corrected chi connectivity index (χ3v) is 2.53. The minimum Gasteiger partial charge on any atom is -0.423 e. The second-order valence-electron chi connectivity index (χ2n) is 3.91. The Kier molecular flexibility index (Phi) is 2.95. The normalized spacial score (nSPS) is 12.9. The molecule has 0 amide bonds. The highest BCUT2D eigenvalue weighted by molar-refractivity contribution is 5.85. The Bertz CT molecular complexity index is 728. The Labute approximate surface area is 106 Å². The Hall–Kier alpha value is -2.19. The molecule has 0 atom stereocenters. The highest BCUT2D eigenvalue weighted by Gasteiger charge is 2.37. The quantitative estimate of drug-likeness (QED) is 0.460. The zero-order valence-corrected chi connectivity index (χ0v) is 9.39. The minimum atomic E-state index is -4.99. The summed E-state index contributed by atoms with van der Waals surface area (Å²) in [4.78, 5) is 11.0. The summed E-state index contributed by atoms with van der Waals surface area (Å²) in [6, 6.07) is 0.865. The first-order valence-corrected chi connectivity index (χ1v) is 5.02. The largest absolute Gasteiger partial charge is 0.423 e. The minimum absolute atomic E-state index is 0.0959. The summed E-state index contributed by atoms with van der Waals surface area (Å²) in [5, 5.41) is -0.876. The molecule has 0 saturated heterocycles. The summed E-state index contributed by atoms with van der Waals surface area (Å²) >= 11 is 0. The third-order valence-electron chi connectivity index (χ3n) is 2.53. The smallest absolute Gasteiger partial charge is 0.418 e. The average Bonchev–Trinajstić information content (AvgIpc) is 2.23. The van der Waals surface area contributed by atoms with Crippen molar-refractivity contribution in [3.8, 4) is 0 Å². The standard InChI is InChI=1S/C11H5F6NO2/c12-10(13,14)5-2-9(19)20-8-3-7(18)6(1-4(5)8)11(15,16)17/h1-3H,18H2. The van der Waals surface area contributed by atoms with E-state index >= 15 is 0 Å². The molecule has 2 rings (SSSR count). The average molecular weight is 297 g/mol. The van der Waals surface area contributed by atoms with Gasteiger partial charge in [-0.3, -0.25) is 0 Å².